The molecule has 2 amide bonds. The summed E-state index contributed by atoms with van der Waals surface area (Å²) in [6.07, 6.45) is 0.967. The lowest BCUT2D eigenvalue weighted by Crippen LogP contribution is -2.50. The molecule has 0 aromatic heterocycles. The molecule has 0 saturated heterocycles. The smallest absolute Gasteiger partial charge is 0.407 e. The molecule has 1 aliphatic carbocycles. The minimum atomic E-state index is -1.01. The van der Waals surface area contributed by atoms with E-state index < -0.39 is 18.1 Å². The predicted molar refractivity (Wildman–Crippen MR) is 135 cm³/mol. The van der Waals surface area contributed by atoms with Gasteiger partial charge in [0.05, 0.1) is 0 Å². The van der Waals surface area contributed by atoms with Gasteiger partial charge in [-0.3, -0.25) is 9.59 Å². The number of ether oxygens (including phenoxy) is 1. The lowest BCUT2D eigenvalue weighted by Gasteiger charge is -2.29. The monoisotopic (exact) mass is 480 g/mol. The lowest BCUT2D eigenvalue weighted by molar-refractivity contribution is -0.138. The Bertz CT molecular complexity index is 988. The first-order valence-corrected chi connectivity index (χ1v) is 12.5. The Kier molecular flexibility index (Phi) is 9.29. The van der Waals surface area contributed by atoms with E-state index >= 15 is 0 Å². The van der Waals surface area contributed by atoms with Crippen LogP contribution < -0.4 is 5.32 Å². The van der Waals surface area contributed by atoms with E-state index in [1.165, 1.54) is 0 Å². The average molecular weight is 481 g/mol. The molecule has 188 valence electrons. The van der Waals surface area contributed by atoms with E-state index in [9.17, 15) is 14.4 Å². The standard InChI is InChI=1S/C28H36N2O5/c1-4-19(5-2)17-30(6-3)27(33)25(15-16-26(31)32)29-28(34)35-18-24-22-13-9-7-11-20(22)21-12-8-10-14-23(21)24/h7-14,19,24-25H,4-6,15-18H2,1-3H3,(H,29,34)(H,31,32). The Morgan fingerprint density at radius 2 is 1.54 bits per heavy atom. The highest BCUT2D eigenvalue weighted by Crippen LogP contribution is 2.44. The molecule has 3 rings (SSSR count). The minimum absolute atomic E-state index is 0.0117. The van der Waals surface area contributed by atoms with Gasteiger partial charge in [0.1, 0.15) is 12.6 Å². The molecule has 1 unspecified atom stereocenters. The summed E-state index contributed by atoms with van der Waals surface area (Å²) in [6, 6.07) is 15.2. The number of carboxylic acids is 1. The van der Waals surface area contributed by atoms with E-state index in [4.69, 9.17) is 9.84 Å². The predicted octanol–water partition coefficient (Wildman–Crippen LogP) is 5.04. The lowest BCUT2D eigenvalue weighted by atomic mass is 9.98. The number of aliphatic carboxylic acids is 1. The van der Waals surface area contributed by atoms with Gasteiger partial charge in [-0.2, -0.15) is 0 Å². The van der Waals surface area contributed by atoms with E-state index in [1.807, 2.05) is 43.3 Å². The number of hydrogen-bond donors (Lipinski definition) is 2. The highest BCUT2D eigenvalue weighted by atomic mass is 16.5. The second kappa shape index (κ2) is 12.4. The quantitative estimate of drug-likeness (QED) is 0.444. The number of carboxylic acid groups (broad SMARTS) is 1. The number of alkyl carbamates (subject to hydrolysis) is 1. The minimum Gasteiger partial charge on any atom is -0.481 e. The number of likely N-dealkylation sites (N-methyl/N-ethyl adjacent to an activating group) is 1. The summed E-state index contributed by atoms with van der Waals surface area (Å²) in [4.78, 5) is 38.9. The number of fused-ring (bicyclic) bond motifs is 3. The molecule has 2 N–H and O–H groups in total. The van der Waals surface area contributed by atoms with E-state index in [0.29, 0.717) is 19.0 Å². The maximum Gasteiger partial charge on any atom is 0.407 e. The van der Waals surface area contributed by atoms with Crippen molar-refractivity contribution in [3.8, 4) is 11.1 Å². The topological polar surface area (TPSA) is 95.9 Å². The van der Waals surface area contributed by atoms with Gasteiger partial charge in [0.25, 0.3) is 0 Å². The molecule has 7 heteroatoms. The van der Waals surface area contributed by atoms with Crippen molar-refractivity contribution >= 4 is 18.0 Å². The van der Waals surface area contributed by atoms with Crippen molar-refractivity contribution in [2.75, 3.05) is 19.7 Å². The number of rotatable bonds is 12. The third kappa shape index (κ3) is 6.41. The molecule has 7 nitrogen and oxygen atoms in total. The zero-order chi connectivity index (χ0) is 25.4. The van der Waals surface area contributed by atoms with Gasteiger partial charge in [-0.05, 0) is 41.5 Å². The summed E-state index contributed by atoms with van der Waals surface area (Å²) in [5, 5.41) is 11.8. The Hall–Kier alpha value is -3.35. The second-order valence-electron chi connectivity index (χ2n) is 9.01. The first-order valence-electron chi connectivity index (χ1n) is 12.5. The molecule has 0 saturated carbocycles. The van der Waals surface area contributed by atoms with Crippen LogP contribution in [0.4, 0.5) is 4.79 Å². The fraction of sp³-hybridized carbons (Fsp3) is 0.464. The molecule has 2 aromatic rings. The fourth-order valence-corrected chi connectivity index (χ4v) is 4.76. The molecular formula is C28H36N2O5. The van der Waals surface area contributed by atoms with Crippen molar-refractivity contribution in [3.05, 3.63) is 59.7 Å². The molecule has 1 aliphatic rings. The number of nitrogens with one attached hydrogen (secondary N) is 1. The van der Waals surface area contributed by atoms with Gasteiger partial charge >= 0.3 is 12.1 Å². The molecule has 0 spiro atoms. The van der Waals surface area contributed by atoms with Crippen LogP contribution >= 0.6 is 0 Å². The molecule has 0 radical (unpaired) electrons. The molecular weight excluding hydrogens is 444 g/mol. The number of carbonyl (C=O) groups is 3. The second-order valence-corrected chi connectivity index (χ2v) is 9.01. The van der Waals surface area contributed by atoms with Crippen LogP contribution in [-0.4, -0.2) is 53.7 Å². The molecule has 0 fully saturated rings. The summed E-state index contributed by atoms with van der Waals surface area (Å²) < 4.78 is 5.60. The van der Waals surface area contributed by atoms with Crippen LogP contribution in [-0.2, 0) is 14.3 Å². The van der Waals surface area contributed by atoms with Crippen LogP contribution in [0, 0.1) is 5.92 Å². The number of carbonyl (C=O) groups excluding carboxylic acids is 2. The van der Waals surface area contributed by atoms with Gasteiger partial charge in [-0.1, -0.05) is 75.2 Å². The van der Waals surface area contributed by atoms with Crippen molar-refractivity contribution in [2.45, 2.75) is 58.4 Å². The van der Waals surface area contributed by atoms with Crippen molar-refractivity contribution in [1.29, 1.82) is 0 Å². The first-order chi connectivity index (χ1) is 16.9. The van der Waals surface area contributed by atoms with Crippen LogP contribution in [0.25, 0.3) is 11.1 Å². The SMILES string of the molecule is CCC(CC)CN(CC)C(=O)C(CCC(=O)O)NC(=O)OCC1c2ccccc2-c2ccccc21. The van der Waals surface area contributed by atoms with E-state index in [-0.39, 0.29) is 31.3 Å². The third-order valence-electron chi connectivity index (χ3n) is 6.91. The first kappa shape index (κ1) is 26.3. The van der Waals surface area contributed by atoms with Crippen LogP contribution in [0.2, 0.25) is 0 Å². The van der Waals surface area contributed by atoms with E-state index in [0.717, 1.165) is 35.1 Å². The van der Waals surface area contributed by atoms with Gasteiger partial charge in [-0.15, -0.1) is 0 Å². The van der Waals surface area contributed by atoms with Gasteiger partial charge in [0, 0.05) is 25.4 Å². The van der Waals surface area contributed by atoms with Crippen molar-refractivity contribution in [3.63, 3.8) is 0 Å². The zero-order valence-electron chi connectivity index (χ0n) is 20.8. The largest absolute Gasteiger partial charge is 0.481 e. The summed E-state index contributed by atoms with van der Waals surface area (Å²) >= 11 is 0. The molecule has 2 aromatic carbocycles. The molecule has 1 atom stereocenters. The zero-order valence-corrected chi connectivity index (χ0v) is 20.8. The Morgan fingerprint density at radius 1 is 0.971 bits per heavy atom. The molecule has 0 bridgehead atoms. The van der Waals surface area contributed by atoms with Crippen molar-refractivity contribution < 1.29 is 24.2 Å². The Balaban J connectivity index is 1.69. The van der Waals surface area contributed by atoms with Crippen molar-refractivity contribution in [1.82, 2.24) is 10.2 Å². The normalized spacial score (nSPS) is 13.1. The molecule has 0 aliphatic heterocycles. The highest BCUT2D eigenvalue weighted by Gasteiger charge is 2.31. The summed E-state index contributed by atoms with van der Waals surface area (Å²) in [6.45, 7) is 7.27. The highest BCUT2D eigenvalue weighted by molar-refractivity contribution is 5.86. The number of benzene rings is 2. The van der Waals surface area contributed by atoms with Gasteiger partial charge in [0.15, 0.2) is 0 Å². The van der Waals surface area contributed by atoms with Gasteiger partial charge < -0.3 is 20.1 Å². The Morgan fingerprint density at radius 3 is 2.06 bits per heavy atom. The third-order valence-corrected chi connectivity index (χ3v) is 6.91. The number of hydrogen-bond acceptors (Lipinski definition) is 4. The number of nitrogens with zero attached hydrogens (tertiary/aromatic N) is 1. The van der Waals surface area contributed by atoms with E-state index in [2.05, 4.69) is 31.3 Å². The van der Waals surface area contributed by atoms with Crippen LogP contribution in [0.5, 0.6) is 0 Å². The summed E-state index contributed by atoms with van der Waals surface area (Å²) in [5.41, 5.74) is 4.46. The summed E-state index contributed by atoms with van der Waals surface area (Å²) in [7, 11) is 0. The average Bonchev–Trinajstić information content (AvgIpc) is 3.19. The maximum atomic E-state index is 13.2. The maximum absolute atomic E-state index is 13.2. The number of amides is 2. The van der Waals surface area contributed by atoms with Gasteiger partial charge in [-0.25, -0.2) is 4.79 Å². The van der Waals surface area contributed by atoms with Crippen LogP contribution in [0.1, 0.15) is 63.5 Å². The van der Waals surface area contributed by atoms with Crippen LogP contribution in [0.15, 0.2) is 48.5 Å². The van der Waals surface area contributed by atoms with Crippen LogP contribution in [0.3, 0.4) is 0 Å². The molecule has 35 heavy (non-hydrogen) atoms. The summed E-state index contributed by atoms with van der Waals surface area (Å²) in [5.74, 6) is -1.02. The fourth-order valence-electron chi connectivity index (χ4n) is 4.76. The Labute approximate surface area is 207 Å². The van der Waals surface area contributed by atoms with Gasteiger partial charge in [0.2, 0.25) is 5.91 Å². The molecule has 0 heterocycles. The van der Waals surface area contributed by atoms with Crippen molar-refractivity contribution in [2.24, 2.45) is 5.92 Å². The van der Waals surface area contributed by atoms with E-state index in [1.54, 1.807) is 4.90 Å².